The topological polar surface area (TPSA) is 12.0 Å². The molecule has 0 radical (unpaired) electrons. The summed E-state index contributed by atoms with van der Waals surface area (Å²) in [5.74, 6) is 0. The van der Waals surface area contributed by atoms with E-state index in [-0.39, 0.29) is 5.54 Å². The Hall–Kier alpha value is -0.340. The molecule has 1 saturated heterocycles. The van der Waals surface area contributed by atoms with Crippen LogP contribution in [0.4, 0.5) is 0 Å². The smallest absolute Gasteiger partial charge is 0.0193 e. The number of nitrogens with one attached hydrogen (secondary N) is 1. The van der Waals surface area contributed by atoms with Crippen LogP contribution in [0.5, 0.6) is 0 Å². The van der Waals surface area contributed by atoms with E-state index in [1.54, 1.807) is 0 Å². The molecule has 2 heteroatoms. The Balaban J connectivity index is 2.06. The van der Waals surface area contributed by atoms with E-state index in [0.717, 1.165) is 6.42 Å². The van der Waals surface area contributed by atoms with E-state index >= 15 is 0 Å². The van der Waals surface area contributed by atoms with E-state index in [2.05, 4.69) is 52.4 Å². The molecule has 0 amide bonds. The first kappa shape index (κ1) is 12.1. The van der Waals surface area contributed by atoms with Gasteiger partial charge in [0.05, 0.1) is 0 Å². The Labute approximate surface area is 107 Å². The lowest BCUT2D eigenvalue weighted by molar-refractivity contribution is 0.345. The average Bonchev–Trinajstić information content (AvgIpc) is 2.43. The van der Waals surface area contributed by atoms with Crippen molar-refractivity contribution in [2.75, 3.05) is 6.54 Å². The Morgan fingerprint density at radius 3 is 3.00 bits per heavy atom. The summed E-state index contributed by atoms with van der Waals surface area (Å²) in [7, 11) is 0. The predicted molar refractivity (Wildman–Crippen MR) is 72.7 cm³/mol. The molecule has 16 heavy (non-hydrogen) atoms. The van der Waals surface area contributed by atoms with Gasteiger partial charge in [-0.15, -0.1) is 0 Å². The van der Waals surface area contributed by atoms with E-state index in [0.29, 0.717) is 0 Å². The van der Waals surface area contributed by atoms with Crippen LogP contribution in [0.15, 0.2) is 28.7 Å². The number of benzene rings is 1. The highest BCUT2D eigenvalue weighted by Gasteiger charge is 2.25. The van der Waals surface area contributed by atoms with Crippen LogP contribution in [0.2, 0.25) is 0 Å². The molecule has 2 rings (SSSR count). The minimum Gasteiger partial charge on any atom is -0.311 e. The van der Waals surface area contributed by atoms with E-state index < -0.39 is 0 Å². The van der Waals surface area contributed by atoms with Crippen LogP contribution in [0.25, 0.3) is 0 Å². The molecule has 1 fully saturated rings. The Kier molecular flexibility index (Phi) is 4.04. The number of rotatable bonds is 2. The van der Waals surface area contributed by atoms with Gasteiger partial charge in [-0.1, -0.05) is 40.9 Å². The average molecular weight is 282 g/mol. The molecular formula is C14H20BrN. The highest BCUT2D eigenvalue weighted by Crippen LogP contribution is 2.24. The second-order valence-corrected chi connectivity index (χ2v) is 6.02. The van der Waals surface area contributed by atoms with E-state index in [1.165, 1.54) is 42.3 Å². The Morgan fingerprint density at radius 1 is 1.31 bits per heavy atom. The van der Waals surface area contributed by atoms with Crippen molar-refractivity contribution >= 4 is 15.9 Å². The standard InChI is InChI=1S/C14H20BrN/c1-14(8-3-2-4-9-16-14)11-12-6-5-7-13(15)10-12/h5-7,10,16H,2-4,8-9,11H2,1H3. The summed E-state index contributed by atoms with van der Waals surface area (Å²) >= 11 is 3.54. The maximum atomic E-state index is 3.71. The van der Waals surface area contributed by atoms with Gasteiger partial charge in [-0.3, -0.25) is 0 Å². The molecule has 1 atom stereocenters. The monoisotopic (exact) mass is 281 g/mol. The fraction of sp³-hybridized carbons (Fsp3) is 0.571. The van der Waals surface area contributed by atoms with Crippen molar-refractivity contribution in [2.45, 2.75) is 44.6 Å². The maximum absolute atomic E-state index is 3.71. The van der Waals surface area contributed by atoms with Crippen molar-refractivity contribution in [2.24, 2.45) is 0 Å². The van der Waals surface area contributed by atoms with Crippen molar-refractivity contribution in [3.05, 3.63) is 34.3 Å². The van der Waals surface area contributed by atoms with Gasteiger partial charge in [0, 0.05) is 10.0 Å². The molecule has 1 unspecified atom stereocenters. The molecule has 1 aliphatic rings. The zero-order valence-electron chi connectivity index (χ0n) is 9.93. The van der Waals surface area contributed by atoms with Crippen LogP contribution in [-0.2, 0) is 6.42 Å². The normalized spacial score (nSPS) is 26.4. The Morgan fingerprint density at radius 2 is 2.19 bits per heavy atom. The summed E-state index contributed by atoms with van der Waals surface area (Å²) in [6, 6.07) is 8.67. The van der Waals surface area contributed by atoms with E-state index in [4.69, 9.17) is 0 Å². The summed E-state index contributed by atoms with van der Waals surface area (Å²) < 4.78 is 1.18. The lowest BCUT2D eigenvalue weighted by atomic mass is 9.88. The number of hydrogen-bond acceptors (Lipinski definition) is 1. The SMILES string of the molecule is CC1(Cc2cccc(Br)c2)CCCCCN1. The lowest BCUT2D eigenvalue weighted by Gasteiger charge is -2.29. The minimum absolute atomic E-state index is 0.289. The molecule has 1 N–H and O–H groups in total. The van der Waals surface area contributed by atoms with Crippen molar-refractivity contribution < 1.29 is 0 Å². The molecule has 0 saturated carbocycles. The van der Waals surface area contributed by atoms with Gasteiger partial charge in [-0.05, 0) is 50.4 Å². The first-order chi connectivity index (χ1) is 7.68. The summed E-state index contributed by atoms with van der Waals surface area (Å²) in [4.78, 5) is 0. The van der Waals surface area contributed by atoms with Gasteiger partial charge in [0.25, 0.3) is 0 Å². The molecule has 1 aromatic rings. The van der Waals surface area contributed by atoms with Gasteiger partial charge in [-0.2, -0.15) is 0 Å². The number of halogens is 1. The van der Waals surface area contributed by atoms with Crippen LogP contribution in [0, 0.1) is 0 Å². The van der Waals surface area contributed by atoms with Gasteiger partial charge in [0.1, 0.15) is 0 Å². The largest absolute Gasteiger partial charge is 0.311 e. The van der Waals surface area contributed by atoms with Gasteiger partial charge in [0.2, 0.25) is 0 Å². The predicted octanol–water partition coefficient (Wildman–Crippen LogP) is 3.91. The van der Waals surface area contributed by atoms with Gasteiger partial charge >= 0.3 is 0 Å². The Bertz CT molecular complexity index is 340. The summed E-state index contributed by atoms with van der Waals surface area (Å²) in [5.41, 5.74) is 1.71. The lowest BCUT2D eigenvalue weighted by Crippen LogP contribution is -2.43. The maximum Gasteiger partial charge on any atom is 0.0193 e. The molecular weight excluding hydrogens is 262 g/mol. The zero-order valence-corrected chi connectivity index (χ0v) is 11.5. The highest BCUT2D eigenvalue weighted by molar-refractivity contribution is 9.10. The molecule has 0 aliphatic carbocycles. The summed E-state index contributed by atoms with van der Waals surface area (Å²) in [6.45, 7) is 3.53. The highest BCUT2D eigenvalue weighted by atomic mass is 79.9. The summed E-state index contributed by atoms with van der Waals surface area (Å²) in [6.07, 6.45) is 6.48. The van der Waals surface area contributed by atoms with E-state index in [1.807, 2.05) is 0 Å². The van der Waals surface area contributed by atoms with Crippen LogP contribution in [0.1, 0.15) is 38.2 Å². The fourth-order valence-electron chi connectivity index (χ4n) is 2.54. The molecule has 1 heterocycles. The molecule has 0 aromatic heterocycles. The molecule has 1 aliphatic heterocycles. The third-order valence-corrected chi connectivity index (χ3v) is 3.93. The molecule has 1 aromatic carbocycles. The van der Waals surface area contributed by atoms with Crippen LogP contribution in [0.3, 0.4) is 0 Å². The van der Waals surface area contributed by atoms with Crippen molar-refractivity contribution in [3.63, 3.8) is 0 Å². The first-order valence-electron chi connectivity index (χ1n) is 6.17. The van der Waals surface area contributed by atoms with Crippen molar-refractivity contribution in [1.82, 2.24) is 5.32 Å². The van der Waals surface area contributed by atoms with Gasteiger partial charge in [-0.25, -0.2) is 0 Å². The molecule has 0 bridgehead atoms. The third-order valence-electron chi connectivity index (χ3n) is 3.44. The third kappa shape index (κ3) is 3.33. The van der Waals surface area contributed by atoms with E-state index in [9.17, 15) is 0 Å². The minimum atomic E-state index is 0.289. The van der Waals surface area contributed by atoms with Gasteiger partial charge < -0.3 is 5.32 Å². The molecule has 1 nitrogen and oxygen atoms in total. The quantitative estimate of drug-likeness (QED) is 0.867. The fourth-order valence-corrected chi connectivity index (χ4v) is 2.99. The molecule has 88 valence electrons. The van der Waals surface area contributed by atoms with Crippen molar-refractivity contribution in [3.8, 4) is 0 Å². The van der Waals surface area contributed by atoms with Crippen LogP contribution >= 0.6 is 15.9 Å². The second kappa shape index (κ2) is 5.33. The van der Waals surface area contributed by atoms with Crippen LogP contribution in [-0.4, -0.2) is 12.1 Å². The van der Waals surface area contributed by atoms with Gasteiger partial charge in [0.15, 0.2) is 0 Å². The van der Waals surface area contributed by atoms with Crippen molar-refractivity contribution in [1.29, 1.82) is 0 Å². The number of hydrogen-bond donors (Lipinski definition) is 1. The zero-order chi connectivity index (χ0) is 11.4. The first-order valence-corrected chi connectivity index (χ1v) is 6.97. The summed E-state index contributed by atoms with van der Waals surface area (Å²) in [5, 5.41) is 3.71. The second-order valence-electron chi connectivity index (χ2n) is 5.10. The molecule has 0 spiro atoms. The van der Waals surface area contributed by atoms with Crippen LogP contribution < -0.4 is 5.32 Å².